The van der Waals surface area contributed by atoms with Gasteiger partial charge in [0.2, 0.25) is 0 Å². The van der Waals surface area contributed by atoms with Crippen molar-refractivity contribution in [1.29, 1.82) is 0 Å². The van der Waals surface area contributed by atoms with E-state index in [-0.39, 0.29) is 16.5 Å². The number of nitrogens with one attached hydrogen (secondary N) is 1. The fourth-order valence-electron chi connectivity index (χ4n) is 1.78. The molecule has 0 bridgehead atoms. The average Bonchev–Trinajstić information content (AvgIpc) is 2.89. The molecule has 0 aliphatic rings. The summed E-state index contributed by atoms with van der Waals surface area (Å²) in [6, 6.07) is 6.22. The first kappa shape index (κ1) is 14.0. The lowest BCUT2D eigenvalue weighted by molar-refractivity contribution is 0.102. The molecule has 0 saturated carbocycles. The second-order valence-electron chi connectivity index (χ2n) is 4.11. The first-order valence-electron chi connectivity index (χ1n) is 5.70. The van der Waals surface area contributed by atoms with Crippen molar-refractivity contribution in [2.75, 3.05) is 11.1 Å². The summed E-state index contributed by atoms with van der Waals surface area (Å²) in [5.41, 5.74) is 7.45. The topological polar surface area (TPSA) is 93.8 Å². The number of rotatable bonds is 2. The summed E-state index contributed by atoms with van der Waals surface area (Å²) in [7, 11) is 0. The third-order valence-corrected chi connectivity index (χ3v) is 3.74. The molecule has 2 heterocycles. The number of pyridine rings is 1. The van der Waals surface area contributed by atoms with Crippen LogP contribution in [-0.2, 0) is 0 Å². The van der Waals surface area contributed by atoms with Crippen molar-refractivity contribution in [3.8, 4) is 0 Å². The van der Waals surface area contributed by atoms with Gasteiger partial charge >= 0.3 is 0 Å². The van der Waals surface area contributed by atoms with Gasteiger partial charge < -0.3 is 11.1 Å². The lowest BCUT2D eigenvalue weighted by atomic mass is 10.2. The Bertz CT molecular complexity index is 831. The van der Waals surface area contributed by atoms with Gasteiger partial charge in [0.1, 0.15) is 22.0 Å². The zero-order valence-electron chi connectivity index (χ0n) is 10.3. The van der Waals surface area contributed by atoms with Crippen LogP contribution in [0.1, 0.15) is 10.4 Å². The molecular formula is C12H7Cl2N5OS. The maximum absolute atomic E-state index is 12.3. The molecule has 0 unspecified atom stereocenters. The van der Waals surface area contributed by atoms with Crippen molar-refractivity contribution in [3.63, 3.8) is 0 Å². The highest BCUT2D eigenvalue weighted by atomic mass is 35.5. The van der Waals surface area contributed by atoms with Crippen molar-refractivity contribution < 1.29 is 4.79 Å². The standard InChI is InChI=1S/C12H7Cl2N5OS/c13-6-1-2-7-11(19-21-18-7)10(6)17-12(20)5-3-8(14)16-9(15)4-5/h1-4H,(H2,15,16)(H,17,20). The zero-order chi connectivity index (χ0) is 15.0. The van der Waals surface area contributed by atoms with Crippen molar-refractivity contribution in [1.82, 2.24) is 13.7 Å². The molecule has 1 aromatic carbocycles. The van der Waals surface area contributed by atoms with E-state index in [2.05, 4.69) is 19.0 Å². The van der Waals surface area contributed by atoms with E-state index in [0.717, 1.165) is 11.7 Å². The molecule has 0 fully saturated rings. The number of amides is 1. The van der Waals surface area contributed by atoms with Crippen LogP contribution in [0.4, 0.5) is 11.5 Å². The van der Waals surface area contributed by atoms with Gasteiger partial charge in [0.15, 0.2) is 0 Å². The number of nitrogens with zero attached hydrogens (tertiary/aromatic N) is 3. The van der Waals surface area contributed by atoms with E-state index in [4.69, 9.17) is 28.9 Å². The van der Waals surface area contributed by atoms with E-state index in [1.54, 1.807) is 12.1 Å². The average molecular weight is 340 g/mol. The molecule has 0 saturated heterocycles. The second-order valence-corrected chi connectivity index (χ2v) is 5.43. The quantitative estimate of drug-likeness (QED) is 0.699. The van der Waals surface area contributed by atoms with E-state index >= 15 is 0 Å². The Kier molecular flexibility index (Phi) is 3.62. The number of carbonyl (C=O) groups excluding carboxylic acids is 1. The van der Waals surface area contributed by atoms with Crippen LogP contribution in [0.5, 0.6) is 0 Å². The van der Waals surface area contributed by atoms with Crippen LogP contribution in [0.2, 0.25) is 10.2 Å². The van der Waals surface area contributed by atoms with Crippen molar-refractivity contribution in [2.24, 2.45) is 0 Å². The number of nitrogens with two attached hydrogens (primary N) is 1. The normalized spacial score (nSPS) is 10.8. The zero-order valence-corrected chi connectivity index (χ0v) is 12.6. The number of aromatic nitrogens is 3. The number of halogens is 2. The molecule has 3 aromatic rings. The number of hydrogen-bond acceptors (Lipinski definition) is 6. The summed E-state index contributed by atoms with van der Waals surface area (Å²) in [6.07, 6.45) is 0. The summed E-state index contributed by atoms with van der Waals surface area (Å²) in [5.74, 6) is -0.249. The van der Waals surface area contributed by atoms with Gasteiger partial charge in [-0.2, -0.15) is 8.75 Å². The molecular weight excluding hydrogens is 333 g/mol. The lowest BCUT2D eigenvalue weighted by Crippen LogP contribution is -2.13. The fourth-order valence-corrected chi connectivity index (χ4v) is 2.74. The molecule has 0 atom stereocenters. The van der Waals surface area contributed by atoms with Crippen molar-refractivity contribution in [2.45, 2.75) is 0 Å². The molecule has 3 rings (SSSR count). The van der Waals surface area contributed by atoms with E-state index in [1.165, 1.54) is 12.1 Å². The number of fused-ring (bicyclic) bond motifs is 1. The van der Waals surface area contributed by atoms with Gasteiger partial charge in [-0.1, -0.05) is 23.2 Å². The Morgan fingerprint density at radius 3 is 2.81 bits per heavy atom. The summed E-state index contributed by atoms with van der Waals surface area (Å²) < 4.78 is 8.23. The molecule has 0 aliphatic carbocycles. The third kappa shape index (κ3) is 2.76. The lowest BCUT2D eigenvalue weighted by Gasteiger charge is -2.08. The number of carbonyl (C=O) groups is 1. The molecule has 0 radical (unpaired) electrons. The van der Waals surface area contributed by atoms with E-state index in [9.17, 15) is 4.79 Å². The number of benzene rings is 1. The maximum atomic E-state index is 12.3. The Labute approximate surface area is 133 Å². The minimum absolute atomic E-state index is 0.139. The van der Waals surface area contributed by atoms with Crippen molar-refractivity contribution >= 4 is 63.4 Å². The van der Waals surface area contributed by atoms with Gasteiger partial charge in [0.25, 0.3) is 5.91 Å². The van der Waals surface area contributed by atoms with Crippen LogP contribution >= 0.6 is 34.9 Å². The van der Waals surface area contributed by atoms with Crippen LogP contribution in [0.15, 0.2) is 24.3 Å². The highest BCUT2D eigenvalue weighted by Gasteiger charge is 2.15. The van der Waals surface area contributed by atoms with E-state index < -0.39 is 5.91 Å². The van der Waals surface area contributed by atoms with Gasteiger partial charge in [-0.3, -0.25) is 4.79 Å². The molecule has 0 spiro atoms. The van der Waals surface area contributed by atoms with Gasteiger partial charge in [0, 0.05) is 5.56 Å². The first-order chi connectivity index (χ1) is 10.0. The molecule has 106 valence electrons. The maximum Gasteiger partial charge on any atom is 0.256 e. The molecule has 9 heteroatoms. The van der Waals surface area contributed by atoms with Crippen LogP contribution in [-0.4, -0.2) is 19.6 Å². The molecule has 2 aromatic heterocycles. The molecule has 6 nitrogen and oxygen atoms in total. The number of hydrogen-bond donors (Lipinski definition) is 2. The van der Waals surface area contributed by atoms with Gasteiger partial charge in [0.05, 0.1) is 22.4 Å². The number of nitrogen functional groups attached to an aromatic ring is 1. The minimum Gasteiger partial charge on any atom is -0.384 e. The fraction of sp³-hybridized carbons (Fsp3) is 0. The van der Waals surface area contributed by atoms with E-state index in [0.29, 0.717) is 21.7 Å². The van der Waals surface area contributed by atoms with Gasteiger partial charge in [-0.05, 0) is 24.3 Å². The highest BCUT2D eigenvalue weighted by Crippen LogP contribution is 2.30. The summed E-state index contributed by atoms with van der Waals surface area (Å²) in [5, 5.41) is 3.21. The molecule has 21 heavy (non-hydrogen) atoms. The summed E-state index contributed by atoms with van der Waals surface area (Å²) in [4.78, 5) is 16.1. The molecule has 0 aliphatic heterocycles. The Morgan fingerprint density at radius 1 is 1.24 bits per heavy atom. The van der Waals surface area contributed by atoms with Gasteiger partial charge in [-0.15, -0.1) is 0 Å². The smallest absolute Gasteiger partial charge is 0.256 e. The Balaban J connectivity index is 2.00. The summed E-state index contributed by atoms with van der Waals surface area (Å²) in [6.45, 7) is 0. The van der Waals surface area contributed by atoms with Crippen LogP contribution in [0.3, 0.4) is 0 Å². The predicted octanol–water partition coefficient (Wildman–Crippen LogP) is 3.23. The monoisotopic (exact) mass is 339 g/mol. The third-order valence-electron chi connectivity index (χ3n) is 2.69. The Morgan fingerprint density at radius 2 is 2.05 bits per heavy atom. The van der Waals surface area contributed by atoms with Gasteiger partial charge in [-0.25, -0.2) is 4.98 Å². The Hall–Kier alpha value is -1.96. The second kappa shape index (κ2) is 5.44. The SMILES string of the molecule is Nc1cc(C(=O)Nc2c(Cl)ccc3nsnc23)cc(Cl)n1. The minimum atomic E-state index is -0.409. The predicted molar refractivity (Wildman–Crippen MR) is 84.0 cm³/mol. The highest BCUT2D eigenvalue weighted by molar-refractivity contribution is 7.00. The van der Waals surface area contributed by atoms with Crippen molar-refractivity contribution in [3.05, 3.63) is 40.0 Å². The molecule has 1 amide bonds. The van der Waals surface area contributed by atoms with Crippen LogP contribution in [0.25, 0.3) is 11.0 Å². The first-order valence-corrected chi connectivity index (χ1v) is 7.18. The summed E-state index contributed by atoms with van der Waals surface area (Å²) >= 11 is 12.9. The van der Waals surface area contributed by atoms with E-state index in [1.807, 2.05) is 0 Å². The van der Waals surface area contributed by atoms with Crippen LogP contribution < -0.4 is 11.1 Å². The molecule has 3 N–H and O–H groups in total. The number of anilines is 2. The van der Waals surface area contributed by atoms with Crippen LogP contribution in [0, 0.1) is 0 Å². The largest absolute Gasteiger partial charge is 0.384 e.